The Morgan fingerprint density at radius 1 is 1.32 bits per heavy atom. The maximum Gasteiger partial charge on any atom is 0.251 e. The standard InChI is InChI=1S/C15H23N3O3S/c1-2-22(20,21)18-10-12-5-7-13(8-6-12)15(19)17-11-14-4-3-9-16-14/h5-8,14,16,18H,2-4,9-11H2,1H3,(H,17,19). The average Bonchev–Trinajstić information content (AvgIpc) is 3.05. The van der Waals surface area contributed by atoms with Gasteiger partial charge in [-0.3, -0.25) is 4.79 Å². The Balaban J connectivity index is 1.83. The smallest absolute Gasteiger partial charge is 0.251 e. The second kappa shape index (κ2) is 7.71. The third-order valence-electron chi connectivity index (χ3n) is 3.76. The van der Waals surface area contributed by atoms with Crippen molar-refractivity contribution in [3.63, 3.8) is 0 Å². The van der Waals surface area contributed by atoms with Gasteiger partial charge in [0.25, 0.3) is 5.91 Å². The predicted molar refractivity (Wildman–Crippen MR) is 86.1 cm³/mol. The molecule has 1 aromatic rings. The second-order valence-corrected chi connectivity index (χ2v) is 7.52. The highest BCUT2D eigenvalue weighted by Crippen LogP contribution is 2.06. The van der Waals surface area contributed by atoms with Gasteiger partial charge in [0.05, 0.1) is 5.75 Å². The van der Waals surface area contributed by atoms with Crippen molar-refractivity contribution < 1.29 is 13.2 Å². The van der Waals surface area contributed by atoms with Crippen LogP contribution in [0, 0.1) is 0 Å². The molecule has 2 rings (SSSR count). The Labute approximate surface area is 131 Å². The first-order valence-electron chi connectivity index (χ1n) is 7.58. The number of carbonyl (C=O) groups is 1. The number of amides is 1. The maximum atomic E-state index is 12.0. The van der Waals surface area contributed by atoms with Crippen LogP contribution < -0.4 is 15.4 Å². The molecular weight excluding hydrogens is 302 g/mol. The highest BCUT2D eigenvalue weighted by Gasteiger charge is 2.15. The van der Waals surface area contributed by atoms with Gasteiger partial charge >= 0.3 is 0 Å². The molecule has 122 valence electrons. The first-order chi connectivity index (χ1) is 10.5. The van der Waals surface area contributed by atoms with Gasteiger partial charge in [0.15, 0.2) is 0 Å². The number of sulfonamides is 1. The van der Waals surface area contributed by atoms with E-state index in [1.54, 1.807) is 31.2 Å². The van der Waals surface area contributed by atoms with Gasteiger partial charge in [0.2, 0.25) is 10.0 Å². The number of nitrogens with one attached hydrogen (secondary N) is 3. The molecule has 1 aromatic carbocycles. The summed E-state index contributed by atoms with van der Waals surface area (Å²) in [7, 11) is -3.20. The summed E-state index contributed by atoms with van der Waals surface area (Å²) < 4.78 is 25.3. The lowest BCUT2D eigenvalue weighted by molar-refractivity contribution is 0.0950. The Hall–Kier alpha value is -1.44. The first-order valence-corrected chi connectivity index (χ1v) is 9.23. The van der Waals surface area contributed by atoms with Gasteiger partial charge in [0, 0.05) is 24.7 Å². The van der Waals surface area contributed by atoms with Gasteiger partial charge in [0.1, 0.15) is 0 Å². The van der Waals surface area contributed by atoms with Gasteiger partial charge in [-0.15, -0.1) is 0 Å². The minimum atomic E-state index is -3.20. The largest absolute Gasteiger partial charge is 0.350 e. The Kier molecular flexibility index (Phi) is 5.93. The van der Waals surface area contributed by atoms with Crippen molar-refractivity contribution in [1.29, 1.82) is 0 Å². The van der Waals surface area contributed by atoms with Gasteiger partial charge in [-0.25, -0.2) is 13.1 Å². The van der Waals surface area contributed by atoms with Crippen LogP contribution in [0.15, 0.2) is 24.3 Å². The van der Waals surface area contributed by atoms with Crippen molar-refractivity contribution in [2.24, 2.45) is 0 Å². The van der Waals surface area contributed by atoms with Crippen molar-refractivity contribution >= 4 is 15.9 Å². The molecule has 1 amide bonds. The van der Waals surface area contributed by atoms with Crippen molar-refractivity contribution in [3.8, 4) is 0 Å². The topological polar surface area (TPSA) is 87.3 Å². The fraction of sp³-hybridized carbons (Fsp3) is 0.533. The average molecular weight is 325 g/mol. The van der Waals surface area contributed by atoms with Gasteiger partial charge in [-0.1, -0.05) is 12.1 Å². The molecule has 22 heavy (non-hydrogen) atoms. The molecule has 3 N–H and O–H groups in total. The molecule has 1 saturated heterocycles. The van der Waals surface area contributed by atoms with Crippen molar-refractivity contribution in [1.82, 2.24) is 15.4 Å². The molecule has 6 nitrogen and oxygen atoms in total. The Morgan fingerprint density at radius 2 is 2.05 bits per heavy atom. The lowest BCUT2D eigenvalue weighted by atomic mass is 10.1. The van der Waals surface area contributed by atoms with Crippen LogP contribution in [-0.4, -0.2) is 39.2 Å². The summed E-state index contributed by atoms with van der Waals surface area (Å²) in [5, 5.41) is 6.24. The van der Waals surface area contributed by atoms with Crippen molar-refractivity contribution in [2.75, 3.05) is 18.8 Å². The van der Waals surface area contributed by atoms with Crippen LogP contribution in [-0.2, 0) is 16.6 Å². The van der Waals surface area contributed by atoms with Crippen LogP contribution in [0.5, 0.6) is 0 Å². The first kappa shape index (κ1) is 16.9. The van der Waals surface area contributed by atoms with Gasteiger partial charge in [-0.2, -0.15) is 0 Å². The van der Waals surface area contributed by atoms with Crippen LogP contribution in [0.4, 0.5) is 0 Å². The number of hydrogen-bond donors (Lipinski definition) is 3. The monoisotopic (exact) mass is 325 g/mol. The normalized spacial score (nSPS) is 18.3. The van der Waals surface area contributed by atoms with E-state index < -0.39 is 10.0 Å². The van der Waals surface area contributed by atoms with Crippen LogP contribution in [0.3, 0.4) is 0 Å². The summed E-state index contributed by atoms with van der Waals surface area (Å²) in [4.78, 5) is 12.0. The quantitative estimate of drug-likeness (QED) is 0.685. The SMILES string of the molecule is CCS(=O)(=O)NCc1ccc(C(=O)NCC2CCCN2)cc1. The molecule has 1 aliphatic rings. The Morgan fingerprint density at radius 3 is 2.64 bits per heavy atom. The summed E-state index contributed by atoms with van der Waals surface area (Å²) in [6, 6.07) is 7.33. The number of rotatable bonds is 7. The molecule has 7 heteroatoms. The predicted octanol–water partition coefficient (Wildman–Crippen LogP) is 0.608. The molecule has 1 heterocycles. The fourth-order valence-corrected chi connectivity index (χ4v) is 2.91. The minimum absolute atomic E-state index is 0.0582. The number of carbonyl (C=O) groups excluding carboxylic acids is 1. The van der Waals surface area contributed by atoms with E-state index in [1.165, 1.54) is 0 Å². The lowest BCUT2D eigenvalue weighted by Crippen LogP contribution is -2.37. The van der Waals surface area contributed by atoms with E-state index in [0.29, 0.717) is 18.2 Å². The molecule has 0 saturated carbocycles. The van der Waals surface area contributed by atoms with Gasteiger partial charge in [-0.05, 0) is 44.0 Å². The fourth-order valence-electron chi connectivity index (χ4n) is 2.32. The highest BCUT2D eigenvalue weighted by molar-refractivity contribution is 7.89. The molecule has 1 unspecified atom stereocenters. The summed E-state index contributed by atoms with van der Waals surface area (Å²) in [5.41, 5.74) is 1.41. The summed E-state index contributed by atoms with van der Waals surface area (Å²) in [6.45, 7) is 3.48. The maximum absolute atomic E-state index is 12.0. The van der Waals surface area contributed by atoms with E-state index in [4.69, 9.17) is 0 Å². The zero-order chi connectivity index (χ0) is 16.0. The van der Waals surface area contributed by atoms with Crippen LogP contribution in [0.1, 0.15) is 35.7 Å². The van der Waals surface area contributed by atoms with E-state index >= 15 is 0 Å². The third-order valence-corrected chi connectivity index (χ3v) is 5.11. The third kappa shape index (κ3) is 5.08. The van der Waals surface area contributed by atoms with Crippen LogP contribution >= 0.6 is 0 Å². The van der Waals surface area contributed by atoms with E-state index in [-0.39, 0.29) is 18.2 Å². The number of benzene rings is 1. The number of hydrogen-bond acceptors (Lipinski definition) is 4. The van der Waals surface area contributed by atoms with Crippen molar-refractivity contribution in [3.05, 3.63) is 35.4 Å². The molecule has 0 aliphatic carbocycles. The summed E-state index contributed by atoms with van der Waals surface area (Å²) in [6.07, 6.45) is 2.25. The summed E-state index contributed by atoms with van der Waals surface area (Å²) in [5.74, 6) is -0.0442. The second-order valence-electron chi connectivity index (χ2n) is 5.42. The van der Waals surface area contributed by atoms with E-state index in [2.05, 4.69) is 15.4 Å². The molecule has 0 aromatic heterocycles. The zero-order valence-corrected chi connectivity index (χ0v) is 13.6. The Bertz CT molecular complexity index is 593. The summed E-state index contributed by atoms with van der Waals surface area (Å²) >= 11 is 0. The van der Waals surface area contributed by atoms with E-state index in [0.717, 1.165) is 24.9 Å². The lowest BCUT2D eigenvalue weighted by Gasteiger charge is -2.11. The minimum Gasteiger partial charge on any atom is -0.350 e. The van der Waals surface area contributed by atoms with E-state index in [9.17, 15) is 13.2 Å². The molecule has 1 atom stereocenters. The van der Waals surface area contributed by atoms with Crippen molar-refractivity contribution in [2.45, 2.75) is 32.4 Å². The molecule has 0 spiro atoms. The van der Waals surface area contributed by atoms with Crippen LogP contribution in [0.25, 0.3) is 0 Å². The van der Waals surface area contributed by atoms with E-state index in [1.807, 2.05) is 0 Å². The molecule has 1 fully saturated rings. The zero-order valence-electron chi connectivity index (χ0n) is 12.8. The highest BCUT2D eigenvalue weighted by atomic mass is 32.2. The van der Waals surface area contributed by atoms with Gasteiger partial charge < -0.3 is 10.6 Å². The van der Waals surface area contributed by atoms with Crippen LogP contribution in [0.2, 0.25) is 0 Å². The molecule has 1 aliphatic heterocycles. The molecule has 0 bridgehead atoms. The molecular formula is C15H23N3O3S. The molecule has 0 radical (unpaired) electrons.